The Morgan fingerprint density at radius 1 is 1.29 bits per heavy atom. The van der Waals surface area contributed by atoms with Crippen molar-refractivity contribution >= 4 is 27.6 Å². The molecule has 1 aromatic carbocycles. The fourth-order valence-corrected chi connectivity index (χ4v) is 5.08. The maximum Gasteiger partial charge on any atom is 0.290 e. The zero-order valence-corrected chi connectivity index (χ0v) is 17.6. The first-order valence-corrected chi connectivity index (χ1v) is 10.6. The van der Waals surface area contributed by atoms with Crippen LogP contribution in [0.3, 0.4) is 0 Å². The van der Waals surface area contributed by atoms with E-state index in [9.17, 15) is 14.7 Å². The first kappa shape index (κ1) is 19.3. The van der Waals surface area contributed by atoms with Crippen LogP contribution in [0.5, 0.6) is 11.5 Å². The van der Waals surface area contributed by atoms with Gasteiger partial charge >= 0.3 is 0 Å². The van der Waals surface area contributed by atoms with Crippen molar-refractivity contribution in [1.82, 2.24) is 4.90 Å². The number of ether oxygens (including phenoxy) is 2. The van der Waals surface area contributed by atoms with Crippen molar-refractivity contribution in [1.29, 1.82) is 0 Å². The predicted molar refractivity (Wildman–Crippen MR) is 106 cm³/mol. The van der Waals surface area contributed by atoms with Gasteiger partial charge in [-0.1, -0.05) is 13.3 Å². The molecule has 3 unspecified atom stereocenters. The highest BCUT2D eigenvalue weighted by Crippen LogP contribution is 2.48. The molecule has 6 nitrogen and oxygen atoms in total. The lowest BCUT2D eigenvalue weighted by atomic mass is 9.77. The van der Waals surface area contributed by atoms with Gasteiger partial charge in [0.15, 0.2) is 23.0 Å². The largest absolute Gasteiger partial charge is 0.503 e. The summed E-state index contributed by atoms with van der Waals surface area (Å²) in [6.45, 7) is 2.51. The maximum absolute atomic E-state index is 13.4. The van der Waals surface area contributed by atoms with E-state index in [0.717, 1.165) is 37.7 Å². The number of rotatable bonds is 4. The highest BCUT2D eigenvalue weighted by atomic mass is 79.9. The molecule has 0 radical (unpaired) electrons. The van der Waals surface area contributed by atoms with Crippen LogP contribution in [0.2, 0.25) is 0 Å². The number of phenols is 1. The normalized spacial score (nSPS) is 26.8. The van der Waals surface area contributed by atoms with E-state index < -0.39 is 6.04 Å². The van der Waals surface area contributed by atoms with Crippen LogP contribution >= 0.6 is 15.9 Å². The number of phenolic OH excluding ortho intramolecular Hbond substituents is 1. The second-order valence-corrected chi connectivity index (χ2v) is 8.46. The molecule has 2 heterocycles. The monoisotopic (exact) mass is 449 g/mol. The molecule has 0 spiro atoms. The molecule has 0 aromatic heterocycles. The number of methoxy groups -OCH3 is 1. The number of nitrogens with zero attached hydrogens (tertiary/aromatic N) is 1. The minimum absolute atomic E-state index is 0.00890. The topological polar surface area (TPSA) is 76.1 Å². The van der Waals surface area contributed by atoms with E-state index in [2.05, 4.69) is 15.9 Å². The summed E-state index contributed by atoms with van der Waals surface area (Å²) in [5.41, 5.74) is 1.18. The Labute approximate surface area is 172 Å². The van der Waals surface area contributed by atoms with Crippen molar-refractivity contribution in [2.45, 2.75) is 51.2 Å². The lowest BCUT2D eigenvalue weighted by Crippen LogP contribution is -2.39. The van der Waals surface area contributed by atoms with Crippen molar-refractivity contribution in [2.24, 2.45) is 5.92 Å². The van der Waals surface area contributed by atoms with Gasteiger partial charge in [-0.05, 0) is 59.3 Å². The third kappa shape index (κ3) is 2.91. The Kier molecular flexibility index (Phi) is 5.12. The molecule has 1 aromatic rings. The van der Waals surface area contributed by atoms with Gasteiger partial charge in [0, 0.05) is 6.54 Å². The molecular formula is C21H24BrNO5. The lowest BCUT2D eigenvalue weighted by Gasteiger charge is -2.35. The minimum Gasteiger partial charge on any atom is -0.503 e. The number of fused-ring (bicyclic) bond motifs is 1. The standard InChI is InChI=1S/C21H24BrNO5/c1-3-8-23-17(11-9-13(22)19(25)15(10-11)27-2)16-18(24)12-6-4-5-7-14(12)28-20(16)21(23)26/h9-10,12,14,17,25H,3-8H2,1-2H3. The zero-order valence-electron chi connectivity index (χ0n) is 16.0. The first-order valence-electron chi connectivity index (χ1n) is 9.80. The van der Waals surface area contributed by atoms with Crippen LogP contribution in [-0.4, -0.2) is 41.5 Å². The van der Waals surface area contributed by atoms with E-state index in [4.69, 9.17) is 9.47 Å². The second-order valence-electron chi connectivity index (χ2n) is 7.61. The van der Waals surface area contributed by atoms with E-state index in [1.54, 1.807) is 17.0 Å². The Morgan fingerprint density at radius 2 is 2.04 bits per heavy atom. The number of carbonyl (C=O) groups is 2. The fraction of sp³-hybridized carbons (Fsp3) is 0.524. The summed E-state index contributed by atoms with van der Waals surface area (Å²) in [6.07, 6.45) is 4.23. The summed E-state index contributed by atoms with van der Waals surface area (Å²) < 4.78 is 11.9. The van der Waals surface area contributed by atoms with Gasteiger partial charge in [0.1, 0.15) is 6.10 Å². The molecule has 3 aliphatic rings. The molecule has 3 atom stereocenters. The van der Waals surface area contributed by atoms with Gasteiger partial charge in [-0.25, -0.2) is 0 Å². The van der Waals surface area contributed by atoms with Crippen LogP contribution in [0.25, 0.3) is 0 Å². The van der Waals surface area contributed by atoms with Gasteiger partial charge in [-0.3, -0.25) is 9.59 Å². The van der Waals surface area contributed by atoms with E-state index in [0.29, 0.717) is 22.3 Å². The smallest absolute Gasteiger partial charge is 0.290 e. The van der Waals surface area contributed by atoms with Crippen LogP contribution < -0.4 is 4.74 Å². The van der Waals surface area contributed by atoms with Crippen molar-refractivity contribution in [3.63, 3.8) is 0 Å². The summed E-state index contributed by atoms with van der Waals surface area (Å²) in [4.78, 5) is 28.3. The molecule has 1 saturated carbocycles. The van der Waals surface area contributed by atoms with Gasteiger partial charge in [-0.2, -0.15) is 0 Å². The molecule has 1 aliphatic carbocycles. The highest BCUT2D eigenvalue weighted by molar-refractivity contribution is 9.10. The van der Waals surface area contributed by atoms with Gasteiger partial charge in [0.2, 0.25) is 0 Å². The average molecular weight is 450 g/mol. The minimum atomic E-state index is -0.524. The fourth-order valence-electron chi connectivity index (χ4n) is 4.62. The molecule has 28 heavy (non-hydrogen) atoms. The molecule has 2 aliphatic heterocycles. The number of aromatic hydroxyl groups is 1. The number of hydrogen-bond acceptors (Lipinski definition) is 5. The SMILES string of the molecule is CCCN1C(=O)C2=C(C(=O)C3CCCCC3O2)C1c1cc(Br)c(O)c(OC)c1. The summed E-state index contributed by atoms with van der Waals surface area (Å²) in [6, 6.07) is 2.91. The van der Waals surface area contributed by atoms with Crippen LogP contribution in [-0.2, 0) is 14.3 Å². The first-order chi connectivity index (χ1) is 13.5. The predicted octanol–water partition coefficient (Wildman–Crippen LogP) is 3.87. The molecule has 1 amide bonds. The van der Waals surface area contributed by atoms with E-state index in [1.807, 2.05) is 6.92 Å². The van der Waals surface area contributed by atoms with Crippen molar-refractivity contribution in [3.05, 3.63) is 33.5 Å². The van der Waals surface area contributed by atoms with E-state index in [-0.39, 0.29) is 35.2 Å². The summed E-state index contributed by atoms with van der Waals surface area (Å²) in [7, 11) is 1.47. The molecule has 150 valence electrons. The summed E-state index contributed by atoms with van der Waals surface area (Å²) in [5, 5.41) is 10.2. The number of benzene rings is 1. The number of hydrogen-bond donors (Lipinski definition) is 1. The number of ketones is 1. The second kappa shape index (κ2) is 7.43. The van der Waals surface area contributed by atoms with Gasteiger partial charge in [0.05, 0.1) is 29.1 Å². The van der Waals surface area contributed by atoms with Gasteiger partial charge in [0.25, 0.3) is 5.91 Å². The Balaban J connectivity index is 1.84. The molecule has 0 saturated heterocycles. The zero-order chi connectivity index (χ0) is 20.0. The Morgan fingerprint density at radius 3 is 2.75 bits per heavy atom. The van der Waals surface area contributed by atoms with Crippen LogP contribution in [0.4, 0.5) is 0 Å². The van der Waals surface area contributed by atoms with Gasteiger partial charge in [-0.15, -0.1) is 0 Å². The third-order valence-corrected chi connectivity index (χ3v) is 6.51. The molecule has 1 N–H and O–H groups in total. The highest BCUT2D eigenvalue weighted by Gasteiger charge is 2.51. The van der Waals surface area contributed by atoms with Gasteiger partial charge < -0.3 is 19.5 Å². The number of Topliss-reactive ketones (excluding diaryl/α,β-unsaturated/α-hetero) is 1. The number of halogens is 1. The molecule has 7 heteroatoms. The number of carbonyl (C=O) groups excluding carboxylic acids is 2. The lowest BCUT2D eigenvalue weighted by molar-refractivity contribution is -0.135. The quantitative estimate of drug-likeness (QED) is 0.754. The van der Waals surface area contributed by atoms with E-state index in [1.165, 1.54) is 7.11 Å². The van der Waals surface area contributed by atoms with Crippen molar-refractivity contribution in [2.75, 3.05) is 13.7 Å². The maximum atomic E-state index is 13.4. The van der Waals surface area contributed by atoms with Crippen molar-refractivity contribution < 1.29 is 24.2 Å². The molecule has 4 rings (SSSR count). The third-order valence-electron chi connectivity index (χ3n) is 5.91. The number of amides is 1. The summed E-state index contributed by atoms with van der Waals surface area (Å²) >= 11 is 3.35. The van der Waals surface area contributed by atoms with Crippen LogP contribution in [0.15, 0.2) is 27.9 Å². The van der Waals surface area contributed by atoms with Crippen molar-refractivity contribution in [3.8, 4) is 11.5 Å². The Hall–Kier alpha value is -2.02. The molecule has 0 bridgehead atoms. The summed E-state index contributed by atoms with van der Waals surface area (Å²) in [5.74, 6) is 0.141. The Bertz CT molecular complexity index is 865. The van der Waals surface area contributed by atoms with Crippen LogP contribution in [0, 0.1) is 5.92 Å². The molecule has 1 fully saturated rings. The molecular weight excluding hydrogens is 426 g/mol. The van der Waals surface area contributed by atoms with Crippen LogP contribution in [0.1, 0.15) is 50.6 Å². The average Bonchev–Trinajstić information content (AvgIpc) is 2.97. The van der Waals surface area contributed by atoms with E-state index >= 15 is 0 Å².